The van der Waals surface area contributed by atoms with Crippen molar-refractivity contribution in [2.24, 2.45) is 0 Å². The first-order valence-corrected chi connectivity index (χ1v) is 11.7. The van der Waals surface area contributed by atoms with Crippen LogP contribution in [-0.4, -0.2) is 40.1 Å². The fraction of sp³-hybridized carbons (Fsp3) is 0.214. The predicted octanol–water partition coefficient (Wildman–Crippen LogP) is 5.10. The molecule has 1 unspecified atom stereocenters. The lowest BCUT2D eigenvalue weighted by Gasteiger charge is -2.27. The van der Waals surface area contributed by atoms with E-state index in [1.165, 1.54) is 4.90 Å². The van der Waals surface area contributed by atoms with Crippen molar-refractivity contribution in [3.8, 4) is 5.69 Å². The number of hydrogen-bond donors (Lipinski definition) is 1. The van der Waals surface area contributed by atoms with Crippen LogP contribution in [0.25, 0.3) is 16.6 Å². The lowest BCUT2D eigenvalue weighted by atomic mass is 10.1. The molecule has 4 aromatic rings. The molecule has 3 aromatic carbocycles. The minimum Gasteiger partial charge on any atom is -0.462 e. The lowest BCUT2D eigenvalue weighted by molar-refractivity contribution is 0.0526. The van der Waals surface area contributed by atoms with E-state index in [9.17, 15) is 14.4 Å². The van der Waals surface area contributed by atoms with Crippen LogP contribution in [0.5, 0.6) is 0 Å². The zero-order valence-electron chi connectivity index (χ0n) is 20.7. The van der Waals surface area contributed by atoms with Gasteiger partial charge in [0.05, 0.1) is 34.8 Å². The van der Waals surface area contributed by atoms with E-state index in [1.54, 1.807) is 54.9 Å². The summed E-state index contributed by atoms with van der Waals surface area (Å²) < 4.78 is 6.56. The van der Waals surface area contributed by atoms with Gasteiger partial charge in [0.25, 0.3) is 5.56 Å². The highest BCUT2D eigenvalue weighted by Gasteiger charge is 2.24. The van der Waals surface area contributed by atoms with E-state index in [0.29, 0.717) is 33.7 Å². The molecule has 0 fully saturated rings. The minimum atomic E-state index is -0.540. The van der Waals surface area contributed by atoms with E-state index in [4.69, 9.17) is 9.72 Å². The molecule has 1 heterocycles. The monoisotopic (exact) mass is 484 g/mol. The molecule has 2 amide bonds. The lowest BCUT2D eigenvalue weighted by Crippen LogP contribution is -2.37. The number of nitrogens with zero attached hydrogens (tertiary/aromatic N) is 3. The summed E-state index contributed by atoms with van der Waals surface area (Å²) in [6.07, 6.45) is 0. The van der Waals surface area contributed by atoms with Gasteiger partial charge >= 0.3 is 12.0 Å². The fourth-order valence-corrected chi connectivity index (χ4v) is 3.91. The molecule has 8 heteroatoms. The summed E-state index contributed by atoms with van der Waals surface area (Å²) in [5, 5.41) is 3.33. The number of carbonyl (C=O) groups is 2. The fourth-order valence-electron chi connectivity index (χ4n) is 3.91. The SMILES string of the molecule is CCOC(=O)c1ccc(NC(=O)N(C)C(C)c2nc3ccccc3c(=O)n2-c2cccc(C)c2)cc1. The largest absolute Gasteiger partial charge is 0.462 e. The zero-order chi connectivity index (χ0) is 25.8. The Balaban J connectivity index is 1.66. The van der Waals surface area contributed by atoms with Gasteiger partial charge in [0.15, 0.2) is 0 Å². The van der Waals surface area contributed by atoms with Crippen LogP contribution in [-0.2, 0) is 4.74 Å². The second-order valence-electron chi connectivity index (χ2n) is 8.48. The minimum absolute atomic E-state index is 0.198. The van der Waals surface area contributed by atoms with Crippen molar-refractivity contribution in [1.82, 2.24) is 14.5 Å². The molecule has 4 rings (SSSR count). The molecule has 8 nitrogen and oxygen atoms in total. The third kappa shape index (κ3) is 4.98. The van der Waals surface area contributed by atoms with Crippen LogP contribution in [0, 0.1) is 6.92 Å². The Morgan fingerprint density at radius 2 is 1.78 bits per heavy atom. The maximum Gasteiger partial charge on any atom is 0.338 e. The van der Waals surface area contributed by atoms with E-state index in [0.717, 1.165) is 5.56 Å². The standard InChI is InChI=1S/C28H28N4O4/c1-5-36-27(34)20-13-15-21(16-14-20)29-28(35)31(4)19(3)25-30-24-12-7-6-11-23(24)26(33)32(25)22-10-8-9-18(2)17-22/h6-17,19H,5H2,1-4H3,(H,29,35). The van der Waals surface area contributed by atoms with E-state index in [-0.39, 0.29) is 18.2 Å². The summed E-state index contributed by atoms with van der Waals surface area (Å²) >= 11 is 0. The number of para-hydroxylation sites is 1. The van der Waals surface area contributed by atoms with Gasteiger partial charge in [0.2, 0.25) is 0 Å². The summed E-state index contributed by atoms with van der Waals surface area (Å²) in [7, 11) is 1.65. The van der Waals surface area contributed by atoms with Crippen molar-refractivity contribution in [2.75, 3.05) is 19.0 Å². The number of urea groups is 1. The number of aryl methyl sites for hydroxylation is 1. The number of benzene rings is 3. The maximum atomic E-state index is 13.5. The average molecular weight is 485 g/mol. The third-order valence-electron chi connectivity index (χ3n) is 5.98. The van der Waals surface area contributed by atoms with Crippen molar-refractivity contribution in [3.05, 3.63) is 100 Å². The first-order valence-electron chi connectivity index (χ1n) is 11.7. The van der Waals surface area contributed by atoms with E-state index in [1.807, 2.05) is 50.2 Å². The average Bonchev–Trinajstić information content (AvgIpc) is 2.88. The molecule has 1 N–H and O–H groups in total. The molecule has 0 radical (unpaired) electrons. The van der Waals surface area contributed by atoms with Crippen molar-refractivity contribution in [2.45, 2.75) is 26.8 Å². The van der Waals surface area contributed by atoms with Gasteiger partial charge in [-0.3, -0.25) is 9.36 Å². The quantitative estimate of drug-likeness (QED) is 0.385. The number of hydrogen-bond acceptors (Lipinski definition) is 5. The molecule has 184 valence electrons. The highest BCUT2D eigenvalue weighted by Crippen LogP contribution is 2.23. The Hall–Kier alpha value is -4.46. The normalized spacial score (nSPS) is 11.7. The summed E-state index contributed by atoms with van der Waals surface area (Å²) in [6, 6.07) is 20.3. The molecule has 0 saturated heterocycles. The number of aromatic nitrogens is 2. The molecule has 0 aliphatic heterocycles. The second kappa shape index (κ2) is 10.4. The summed E-state index contributed by atoms with van der Waals surface area (Å²) in [6.45, 7) is 5.81. The van der Waals surface area contributed by atoms with Gasteiger partial charge in [-0.1, -0.05) is 24.3 Å². The number of ether oxygens (including phenoxy) is 1. The Kier molecular flexibility index (Phi) is 7.15. The first-order chi connectivity index (χ1) is 17.3. The van der Waals surface area contributed by atoms with Gasteiger partial charge in [-0.2, -0.15) is 0 Å². The second-order valence-corrected chi connectivity index (χ2v) is 8.48. The molecule has 1 aromatic heterocycles. The van der Waals surface area contributed by atoms with Crippen LogP contribution in [0.2, 0.25) is 0 Å². The highest BCUT2D eigenvalue weighted by molar-refractivity contribution is 5.92. The van der Waals surface area contributed by atoms with Crippen LogP contribution in [0.3, 0.4) is 0 Å². The summed E-state index contributed by atoms with van der Waals surface area (Å²) in [4.78, 5) is 44.8. The molecule has 0 aliphatic carbocycles. The zero-order valence-corrected chi connectivity index (χ0v) is 20.7. The first kappa shape index (κ1) is 24.7. The number of anilines is 1. The van der Waals surface area contributed by atoms with Crippen molar-refractivity contribution in [1.29, 1.82) is 0 Å². The predicted molar refractivity (Wildman–Crippen MR) is 140 cm³/mol. The van der Waals surface area contributed by atoms with Crippen LogP contribution in [0.15, 0.2) is 77.6 Å². The number of esters is 1. The van der Waals surface area contributed by atoms with E-state index >= 15 is 0 Å². The van der Waals surface area contributed by atoms with Gasteiger partial charge in [0, 0.05) is 12.7 Å². The van der Waals surface area contributed by atoms with Gasteiger partial charge in [-0.25, -0.2) is 14.6 Å². The molecular weight excluding hydrogens is 456 g/mol. The number of carbonyl (C=O) groups excluding carboxylic acids is 2. The molecule has 0 spiro atoms. The van der Waals surface area contributed by atoms with E-state index < -0.39 is 12.0 Å². The highest BCUT2D eigenvalue weighted by atomic mass is 16.5. The smallest absolute Gasteiger partial charge is 0.338 e. The number of fused-ring (bicyclic) bond motifs is 1. The van der Waals surface area contributed by atoms with Gasteiger partial charge < -0.3 is 15.0 Å². The van der Waals surface area contributed by atoms with Crippen LogP contribution < -0.4 is 10.9 Å². The van der Waals surface area contributed by atoms with Gasteiger partial charge in [0.1, 0.15) is 5.82 Å². The number of amides is 2. The maximum absolute atomic E-state index is 13.5. The number of rotatable bonds is 6. The molecule has 36 heavy (non-hydrogen) atoms. The molecular formula is C28H28N4O4. The Bertz CT molecular complexity index is 1480. The Morgan fingerprint density at radius 1 is 1.06 bits per heavy atom. The summed E-state index contributed by atoms with van der Waals surface area (Å²) in [5.41, 5.74) is 2.98. The van der Waals surface area contributed by atoms with Crippen LogP contribution >= 0.6 is 0 Å². The molecule has 0 aliphatic rings. The van der Waals surface area contributed by atoms with Gasteiger partial charge in [-0.05, 0) is 74.9 Å². The van der Waals surface area contributed by atoms with E-state index in [2.05, 4.69) is 5.32 Å². The summed E-state index contributed by atoms with van der Waals surface area (Å²) in [5.74, 6) is 0.0252. The number of nitrogens with one attached hydrogen (secondary N) is 1. The van der Waals surface area contributed by atoms with Crippen molar-refractivity contribution in [3.63, 3.8) is 0 Å². The Labute approximate surface area is 209 Å². The van der Waals surface area contributed by atoms with Crippen LogP contribution in [0.1, 0.15) is 41.6 Å². The Morgan fingerprint density at radius 3 is 2.47 bits per heavy atom. The molecule has 1 atom stereocenters. The molecule has 0 bridgehead atoms. The van der Waals surface area contributed by atoms with Gasteiger partial charge in [-0.15, -0.1) is 0 Å². The topological polar surface area (TPSA) is 93.5 Å². The van der Waals surface area contributed by atoms with Crippen molar-refractivity contribution >= 4 is 28.6 Å². The third-order valence-corrected chi connectivity index (χ3v) is 5.98. The van der Waals surface area contributed by atoms with Crippen LogP contribution in [0.4, 0.5) is 10.5 Å². The molecule has 0 saturated carbocycles. The van der Waals surface area contributed by atoms with Crippen molar-refractivity contribution < 1.29 is 14.3 Å².